The van der Waals surface area contributed by atoms with Crippen molar-refractivity contribution < 1.29 is 13.6 Å². The third-order valence-corrected chi connectivity index (χ3v) is 5.84. The Morgan fingerprint density at radius 2 is 1.83 bits per heavy atom. The molecular weight excluding hydrogens is 450 g/mol. The molecule has 0 bridgehead atoms. The Kier molecular flexibility index (Phi) is 6.01. The minimum absolute atomic E-state index is 0.0339. The summed E-state index contributed by atoms with van der Waals surface area (Å²) < 4.78 is 28.0. The van der Waals surface area contributed by atoms with E-state index in [1.807, 2.05) is 36.4 Å². The van der Waals surface area contributed by atoms with Crippen molar-refractivity contribution in [3.63, 3.8) is 0 Å². The number of Topliss-reactive ketones (excluding diaryl/α,β-unsaturated/α-hetero) is 1. The lowest BCUT2D eigenvalue weighted by Crippen LogP contribution is -2.26. The molecule has 0 aliphatic carbocycles. The fourth-order valence-corrected chi connectivity index (χ4v) is 4.05. The van der Waals surface area contributed by atoms with Gasteiger partial charge >= 0.3 is 0 Å². The summed E-state index contributed by atoms with van der Waals surface area (Å²) in [5, 5.41) is 8.16. The van der Waals surface area contributed by atoms with Crippen LogP contribution in [0.5, 0.6) is 0 Å². The molecule has 0 radical (unpaired) electrons. The number of aromatic nitrogens is 4. The highest BCUT2D eigenvalue weighted by molar-refractivity contribution is 5.96. The van der Waals surface area contributed by atoms with Gasteiger partial charge in [0, 0.05) is 29.8 Å². The zero-order valence-electron chi connectivity index (χ0n) is 18.5. The van der Waals surface area contributed by atoms with Gasteiger partial charge < -0.3 is 4.57 Å². The number of aryl methyl sites for hydroxylation is 1. The first-order valence-corrected chi connectivity index (χ1v) is 11.0. The van der Waals surface area contributed by atoms with E-state index in [-0.39, 0.29) is 24.3 Å². The molecule has 0 aliphatic heterocycles. The number of aromatic amines is 1. The van der Waals surface area contributed by atoms with Crippen LogP contribution >= 0.6 is 0 Å². The van der Waals surface area contributed by atoms with Gasteiger partial charge in [-0.2, -0.15) is 5.10 Å². The molecule has 35 heavy (non-hydrogen) atoms. The molecule has 3 aromatic heterocycles. The van der Waals surface area contributed by atoms with E-state index >= 15 is 0 Å². The Bertz CT molecular complexity index is 1610. The van der Waals surface area contributed by atoms with Gasteiger partial charge in [-0.15, -0.1) is 0 Å². The van der Waals surface area contributed by atoms with Crippen molar-refractivity contribution >= 4 is 16.8 Å². The van der Waals surface area contributed by atoms with Crippen molar-refractivity contribution in [2.24, 2.45) is 0 Å². The number of nitrogens with one attached hydrogen (secondary N) is 1. The average Bonchev–Trinajstić information content (AvgIpc) is 3.30. The van der Waals surface area contributed by atoms with E-state index in [0.717, 1.165) is 34.3 Å². The summed E-state index contributed by atoms with van der Waals surface area (Å²) in [5.41, 5.74) is 3.38. The number of rotatable bonds is 7. The van der Waals surface area contributed by atoms with Gasteiger partial charge in [0.25, 0.3) is 5.56 Å². The number of hydrogen-bond donors (Lipinski definition) is 1. The Hall–Kier alpha value is -4.46. The van der Waals surface area contributed by atoms with E-state index in [9.17, 15) is 18.4 Å². The zero-order valence-corrected chi connectivity index (χ0v) is 18.5. The molecule has 174 valence electrons. The second-order valence-electron chi connectivity index (χ2n) is 8.20. The molecule has 0 fully saturated rings. The van der Waals surface area contributed by atoms with Crippen LogP contribution in [0.2, 0.25) is 0 Å². The molecule has 5 rings (SSSR count). The predicted molar refractivity (Wildman–Crippen MR) is 128 cm³/mol. The molecule has 0 atom stereocenters. The third kappa shape index (κ3) is 4.63. The van der Waals surface area contributed by atoms with Gasteiger partial charge in [0.05, 0.1) is 17.8 Å². The van der Waals surface area contributed by atoms with Crippen LogP contribution in [0.1, 0.15) is 27.9 Å². The van der Waals surface area contributed by atoms with Crippen LogP contribution in [-0.4, -0.2) is 25.5 Å². The normalized spacial score (nSPS) is 11.1. The maximum Gasteiger partial charge on any atom is 0.261 e. The fourth-order valence-electron chi connectivity index (χ4n) is 4.05. The number of ketones is 1. The predicted octanol–water partition coefficient (Wildman–Crippen LogP) is 4.93. The summed E-state index contributed by atoms with van der Waals surface area (Å²) in [7, 11) is 0. The quantitative estimate of drug-likeness (QED) is 0.342. The molecule has 0 saturated carbocycles. The van der Waals surface area contributed by atoms with E-state index in [2.05, 4.69) is 15.2 Å². The van der Waals surface area contributed by atoms with Gasteiger partial charge in [-0.3, -0.25) is 14.7 Å². The maximum absolute atomic E-state index is 13.5. The summed E-state index contributed by atoms with van der Waals surface area (Å²) in [6, 6.07) is 18.1. The Balaban J connectivity index is 1.32. The van der Waals surface area contributed by atoms with Gasteiger partial charge in [0.1, 0.15) is 0 Å². The first-order chi connectivity index (χ1) is 17.0. The minimum atomic E-state index is -0.982. The summed E-state index contributed by atoms with van der Waals surface area (Å²) in [6.07, 6.45) is 3.81. The van der Waals surface area contributed by atoms with Crippen LogP contribution in [0.25, 0.3) is 22.3 Å². The summed E-state index contributed by atoms with van der Waals surface area (Å²) in [6.45, 7) is 0.0339. The molecule has 0 saturated heterocycles. The standard InChI is InChI=1S/C27H20F2N4O2/c28-22-10-8-18(15-23(22)29)16-33-13-3-7-20(27(33)35)24(34)11-9-17-4-1-5-19(14-17)25-21-6-2-12-30-26(21)32-31-25/h1-8,10,12-15H,9,11,16H2,(H,30,31,32). The van der Waals surface area contributed by atoms with Gasteiger partial charge in [0.15, 0.2) is 23.1 Å². The van der Waals surface area contributed by atoms with E-state index in [1.165, 1.54) is 22.9 Å². The van der Waals surface area contributed by atoms with Crippen LogP contribution in [0.15, 0.2) is 83.9 Å². The molecular formula is C27H20F2N4O2. The lowest BCUT2D eigenvalue weighted by Gasteiger charge is -2.09. The number of carbonyl (C=O) groups excluding carboxylic acids is 1. The van der Waals surface area contributed by atoms with Crippen molar-refractivity contribution in [3.8, 4) is 11.3 Å². The fraction of sp³-hybridized carbons (Fsp3) is 0.111. The zero-order chi connectivity index (χ0) is 24.4. The Morgan fingerprint density at radius 1 is 0.943 bits per heavy atom. The Morgan fingerprint density at radius 3 is 2.69 bits per heavy atom. The second-order valence-corrected chi connectivity index (χ2v) is 8.20. The summed E-state index contributed by atoms with van der Waals surface area (Å²) >= 11 is 0. The first kappa shape index (κ1) is 22.3. The molecule has 8 heteroatoms. The van der Waals surface area contributed by atoms with E-state index in [1.54, 1.807) is 12.3 Å². The second kappa shape index (κ2) is 9.42. The summed E-state index contributed by atoms with van der Waals surface area (Å²) in [5.74, 6) is -2.22. The van der Waals surface area contributed by atoms with Gasteiger partial charge in [-0.25, -0.2) is 13.8 Å². The lowest BCUT2D eigenvalue weighted by molar-refractivity contribution is 0.0981. The highest BCUT2D eigenvalue weighted by Crippen LogP contribution is 2.26. The molecule has 0 amide bonds. The molecule has 0 spiro atoms. The molecule has 0 unspecified atom stereocenters. The SMILES string of the molecule is O=C(CCc1cccc(-c2[nH]nc3ncccc23)c1)c1cccn(Cc2ccc(F)c(F)c2)c1=O. The first-order valence-electron chi connectivity index (χ1n) is 11.0. The average molecular weight is 470 g/mol. The van der Waals surface area contributed by atoms with Crippen molar-refractivity contribution in [1.29, 1.82) is 0 Å². The topological polar surface area (TPSA) is 80.6 Å². The van der Waals surface area contributed by atoms with Crippen molar-refractivity contribution in [3.05, 3.63) is 118 Å². The molecule has 6 nitrogen and oxygen atoms in total. The number of pyridine rings is 2. The van der Waals surface area contributed by atoms with Crippen LogP contribution in [0.4, 0.5) is 8.78 Å². The number of halogens is 2. The number of H-pyrrole nitrogens is 1. The van der Waals surface area contributed by atoms with E-state index in [0.29, 0.717) is 17.6 Å². The monoisotopic (exact) mass is 470 g/mol. The number of hydrogen-bond acceptors (Lipinski definition) is 4. The molecule has 1 N–H and O–H groups in total. The van der Waals surface area contributed by atoms with E-state index in [4.69, 9.17) is 0 Å². The van der Waals surface area contributed by atoms with Crippen LogP contribution < -0.4 is 5.56 Å². The highest BCUT2D eigenvalue weighted by Gasteiger charge is 2.14. The van der Waals surface area contributed by atoms with Crippen LogP contribution in [0.3, 0.4) is 0 Å². The van der Waals surface area contributed by atoms with Gasteiger partial charge in [-0.1, -0.05) is 24.3 Å². The smallest absolute Gasteiger partial charge is 0.261 e. The number of fused-ring (bicyclic) bond motifs is 1. The molecule has 0 aliphatic rings. The van der Waals surface area contributed by atoms with E-state index < -0.39 is 17.2 Å². The maximum atomic E-state index is 13.5. The Labute approximate surface area is 198 Å². The van der Waals surface area contributed by atoms with Gasteiger partial charge in [-0.05, 0) is 60.0 Å². The molecule has 3 heterocycles. The largest absolute Gasteiger partial charge is 0.310 e. The lowest BCUT2D eigenvalue weighted by atomic mass is 10.0. The molecule has 2 aromatic carbocycles. The van der Waals surface area contributed by atoms with Gasteiger partial charge in [0.2, 0.25) is 0 Å². The van der Waals surface area contributed by atoms with Crippen LogP contribution in [0, 0.1) is 11.6 Å². The van der Waals surface area contributed by atoms with Crippen molar-refractivity contribution in [1.82, 2.24) is 19.7 Å². The minimum Gasteiger partial charge on any atom is -0.310 e. The number of carbonyl (C=O) groups is 1. The highest BCUT2D eigenvalue weighted by atomic mass is 19.2. The van der Waals surface area contributed by atoms with Crippen molar-refractivity contribution in [2.75, 3.05) is 0 Å². The van der Waals surface area contributed by atoms with Crippen molar-refractivity contribution in [2.45, 2.75) is 19.4 Å². The molecule has 5 aromatic rings. The van der Waals surface area contributed by atoms with Crippen LogP contribution in [-0.2, 0) is 13.0 Å². The number of nitrogens with zero attached hydrogens (tertiary/aromatic N) is 3. The summed E-state index contributed by atoms with van der Waals surface area (Å²) in [4.78, 5) is 30.0. The number of benzene rings is 2. The third-order valence-electron chi connectivity index (χ3n) is 5.84.